The lowest BCUT2D eigenvalue weighted by Gasteiger charge is -2.58. The Kier molecular flexibility index (Phi) is 7.10. The number of Topliss-reactive ketones (excluding diaryl/α,β-unsaturated/α-hetero) is 1. The Morgan fingerprint density at radius 3 is 2.72 bits per heavy atom. The van der Waals surface area contributed by atoms with Gasteiger partial charge in [-0.3, -0.25) is 4.79 Å². The number of hydrogen-bond donors (Lipinski definition) is 1. The molecule has 3 aliphatic rings. The molecule has 3 rings (SSSR count). The molecule has 0 bridgehead atoms. The van der Waals surface area contributed by atoms with Crippen molar-refractivity contribution in [3.8, 4) is 0 Å². The summed E-state index contributed by atoms with van der Waals surface area (Å²) >= 11 is 0. The highest BCUT2D eigenvalue weighted by Gasteiger charge is 2.57. The summed E-state index contributed by atoms with van der Waals surface area (Å²) in [5, 5.41) is 14.9. The van der Waals surface area contributed by atoms with Gasteiger partial charge in [-0.2, -0.15) is 0 Å². The maximum atomic E-state index is 13.4. The molecule has 1 unspecified atom stereocenters. The molecule has 0 aromatic heterocycles. The molecule has 0 aliphatic heterocycles. The van der Waals surface area contributed by atoms with E-state index in [2.05, 4.69) is 30.8 Å². The highest BCUT2D eigenvalue weighted by atomic mass is 16.6. The summed E-state index contributed by atoms with van der Waals surface area (Å²) in [5.74, 6) is 1.73. The van der Waals surface area contributed by atoms with E-state index in [0.29, 0.717) is 24.2 Å². The molecule has 3 fully saturated rings. The van der Waals surface area contributed by atoms with Crippen LogP contribution >= 0.6 is 0 Å². The fourth-order valence-electron chi connectivity index (χ4n) is 6.73. The highest BCUT2D eigenvalue weighted by Crippen LogP contribution is 2.61. The molecule has 0 aromatic carbocycles. The Morgan fingerprint density at radius 2 is 2.03 bits per heavy atom. The molecule has 0 aromatic rings. The van der Waals surface area contributed by atoms with Gasteiger partial charge in [-0.15, -0.1) is 0 Å². The lowest BCUT2D eigenvalue weighted by Crippen LogP contribution is -2.56. The SMILES string of the molecule is CCC[C@@]1(C)CC[C@H]2[C@@H](CC[C@@H]3C[C@@H](O)C(/C=N/OCCN(C)C)C[C@@]32C)C1=O. The first-order valence-electron chi connectivity index (χ1n) is 11.7. The Hall–Kier alpha value is -0.940. The summed E-state index contributed by atoms with van der Waals surface area (Å²) in [6.07, 6.45) is 9.59. The van der Waals surface area contributed by atoms with Crippen molar-refractivity contribution in [2.45, 2.75) is 78.2 Å². The zero-order chi connectivity index (χ0) is 21.2. The van der Waals surface area contributed by atoms with Crippen LogP contribution in [-0.4, -0.2) is 55.4 Å². The summed E-state index contributed by atoms with van der Waals surface area (Å²) in [6.45, 7) is 8.17. The second-order valence-corrected chi connectivity index (χ2v) is 10.8. The van der Waals surface area contributed by atoms with Gasteiger partial charge in [0.25, 0.3) is 0 Å². The van der Waals surface area contributed by atoms with Crippen molar-refractivity contribution in [2.24, 2.45) is 39.7 Å². The molecule has 5 nitrogen and oxygen atoms in total. The van der Waals surface area contributed by atoms with E-state index >= 15 is 0 Å². The minimum Gasteiger partial charge on any atom is -0.395 e. The third-order valence-electron chi connectivity index (χ3n) is 8.48. The zero-order valence-corrected chi connectivity index (χ0v) is 19.2. The first-order valence-corrected chi connectivity index (χ1v) is 11.7. The predicted molar refractivity (Wildman–Crippen MR) is 117 cm³/mol. The Balaban J connectivity index is 1.70. The van der Waals surface area contributed by atoms with Crippen LogP contribution in [-0.2, 0) is 9.63 Å². The number of aliphatic hydroxyl groups excluding tert-OH is 1. The van der Waals surface area contributed by atoms with Crippen LogP contribution in [0, 0.1) is 34.5 Å². The highest BCUT2D eigenvalue weighted by molar-refractivity contribution is 5.88. The smallest absolute Gasteiger partial charge is 0.142 e. The van der Waals surface area contributed by atoms with Crippen LogP contribution in [0.2, 0.25) is 0 Å². The van der Waals surface area contributed by atoms with Gasteiger partial charge in [0, 0.05) is 30.0 Å². The van der Waals surface area contributed by atoms with E-state index in [1.165, 1.54) is 0 Å². The van der Waals surface area contributed by atoms with Crippen molar-refractivity contribution in [2.75, 3.05) is 27.2 Å². The molecule has 3 aliphatic carbocycles. The zero-order valence-electron chi connectivity index (χ0n) is 19.2. The first-order chi connectivity index (χ1) is 13.7. The third kappa shape index (κ3) is 4.56. The number of hydrogen-bond acceptors (Lipinski definition) is 5. The van der Waals surface area contributed by atoms with Gasteiger partial charge in [-0.05, 0) is 76.3 Å². The van der Waals surface area contributed by atoms with Crippen LogP contribution in [0.4, 0.5) is 0 Å². The normalized spacial score (nSPS) is 42.7. The molecule has 0 heterocycles. The molecule has 3 saturated carbocycles. The van der Waals surface area contributed by atoms with Crippen molar-refractivity contribution in [1.29, 1.82) is 0 Å². The number of nitrogens with zero attached hydrogens (tertiary/aromatic N) is 2. The lowest BCUT2D eigenvalue weighted by atomic mass is 9.45. The number of ketones is 1. The predicted octanol–water partition coefficient (Wildman–Crippen LogP) is 4.14. The monoisotopic (exact) mass is 406 g/mol. The third-order valence-corrected chi connectivity index (χ3v) is 8.48. The van der Waals surface area contributed by atoms with Gasteiger partial charge in [0.15, 0.2) is 0 Å². The van der Waals surface area contributed by atoms with Crippen molar-refractivity contribution >= 4 is 12.0 Å². The van der Waals surface area contributed by atoms with Crippen molar-refractivity contribution < 1.29 is 14.7 Å². The maximum Gasteiger partial charge on any atom is 0.142 e. The van der Waals surface area contributed by atoms with Gasteiger partial charge >= 0.3 is 0 Å². The van der Waals surface area contributed by atoms with Crippen LogP contribution in [0.5, 0.6) is 0 Å². The molecular formula is C24H42N2O3. The van der Waals surface area contributed by atoms with Crippen molar-refractivity contribution in [3.63, 3.8) is 0 Å². The molecule has 1 N–H and O–H groups in total. The molecule has 0 amide bonds. The fraction of sp³-hybridized carbons (Fsp3) is 0.917. The van der Waals surface area contributed by atoms with Crippen LogP contribution in [0.3, 0.4) is 0 Å². The number of likely N-dealkylation sites (N-methyl/N-ethyl adjacent to an activating group) is 1. The topological polar surface area (TPSA) is 62.1 Å². The summed E-state index contributed by atoms with van der Waals surface area (Å²) < 4.78 is 0. The molecule has 0 spiro atoms. The summed E-state index contributed by atoms with van der Waals surface area (Å²) in [4.78, 5) is 20.9. The van der Waals surface area contributed by atoms with E-state index < -0.39 is 0 Å². The number of fused-ring (bicyclic) bond motifs is 3. The first kappa shape index (κ1) is 22.7. The van der Waals surface area contributed by atoms with Crippen molar-refractivity contribution in [1.82, 2.24) is 4.90 Å². The molecule has 166 valence electrons. The minimum absolute atomic E-state index is 0.0217. The fourth-order valence-corrected chi connectivity index (χ4v) is 6.73. The second kappa shape index (κ2) is 9.05. The Bertz CT molecular complexity index is 607. The van der Waals surface area contributed by atoms with Crippen molar-refractivity contribution in [3.05, 3.63) is 0 Å². The standard InChI is InChI=1S/C24H42N2O3/c1-6-10-23(2)11-9-20-19(22(23)28)8-7-18-14-21(27)17(15-24(18,20)3)16-25-29-13-12-26(4)5/h16-21,27H,6-15H2,1-5H3/b25-16+/t17?,18-,19-,20+,21-,23+,24+/m1/s1. The van der Waals surface area contributed by atoms with Crippen LogP contribution < -0.4 is 0 Å². The van der Waals surface area contributed by atoms with Gasteiger partial charge < -0.3 is 14.8 Å². The number of carbonyl (C=O) groups is 1. The molecule has 5 heteroatoms. The summed E-state index contributed by atoms with van der Waals surface area (Å²) in [7, 11) is 4.02. The lowest BCUT2D eigenvalue weighted by molar-refractivity contribution is -0.155. The summed E-state index contributed by atoms with van der Waals surface area (Å²) in [5.41, 5.74) is 0.000105. The van der Waals surface area contributed by atoms with E-state index in [4.69, 9.17) is 4.84 Å². The Labute approximate surface area is 177 Å². The summed E-state index contributed by atoms with van der Waals surface area (Å²) in [6, 6.07) is 0. The van der Waals surface area contributed by atoms with E-state index in [1.54, 1.807) is 0 Å². The molecular weight excluding hydrogens is 364 g/mol. The average molecular weight is 407 g/mol. The van der Waals surface area contributed by atoms with E-state index in [0.717, 1.165) is 57.9 Å². The Morgan fingerprint density at radius 1 is 1.28 bits per heavy atom. The number of oxime groups is 1. The van der Waals surface area contributed by atoms with E-state index in [1.807, 2.05) is 20.3 Å². The van der Waals surface area contributed by atoms with Gasteiger partial charge in [0.2, 0.25) is 0 Å². The van der Waals surface area contributed by atoms with Crippen LogP contribution in [0.25, 0.3) is 0 Å². The number of carbonyl (C=O) groups excluding carboxylic acids is 1. The molecule has 7 atom stereocenters. The van der Waals surface area contributed by atoms with Crippen LogP contribution in [0.1, 0.15) is 72.1 Å². The van der Waals surface area contributed by atoms with Gasteiger partial charge in [0.05, 0.1) is 6.10 Å². The molecule has 29 heavy (non-hydrogen) atoms. The minimum atomic E-state index is -0.351. The van der Waals surface area contributed by atoms with Gasteiger partial charge in [-0.25, -0.2) is 0 Å². The van der Waals surface area contributed by atoms with E-state index in [-0.39, 0.29) is 28.8 Å². The van der Waals surface area contributed by atoms with E-state index in [9.17, 15) is 9.90 Å². The second-order valence-electron chi connectivity index (χ2n) is 10.8. The molecule has 0 radical (unpaired) electrons. The van der Waals surface area contributed by atoms with Crippen LogP contribution in [0.15, 0.2) is 5.16 Å². The molecule has 0 saturated heterocycles. The quantitative estimate of drug-likeness (QED) is 0.392. The number of rotatable bonds is 7. The largest absolute Gasteiger partial charge is 0.395 e. The number of aliphatic hydroxyl groups is 1. The van der Waals surface area contributed by atoms with Gasteiger partial charge in [0.1, 0.15) is 12.4 Å². The maximum absolute atomic E-state index is 13.4. The average Bonchev–Trinajstić information content (AvgIpc) is 2.65. The van der Waals surface area contributed by atoms with Gasteiger partial charge in [-0.1, -0.05) is 32.3 Å².